The van der Waals surface area contributed by atoms with Gasteiger partial charge in [0, 0.05) is 14.1 Å². The molecule has 140 valence electrons. The van der Waals surface area contributed by atoms with Crippen molar-refractivity contribution in [2.75, 3.05) is 38.9 Å². The first-order valence-electron chi connectivity index (χ1n) is 7.52. The minimum absolute atomic E-state index is 0.00205. The normalized spacial score (nSPS) is 10.9. The highest BCUT2D eigenvalue weighted by atomic mass is 16.6. The molecular weight excluding hydrogens is 354 g/mol. The van der Waals surface area contributed by atoms with E-state index in [1.165, 1.54) is 32.4 Å². The third kappa shape index (κ3) is 4.18. The van der Waals surface area contributed by atoms with Crippen LogP contribution in [0.3, 0.4) is 0 Å². The molecular formula is C16H17N7O4. The van der Waals surface area contributed by atoms with Gasteiger partial charge in [0.2, 0.25) is 11.9 Å². The van der Waals surface area contributed by atoms with Crippen LogP contribution in [0.15, 0.2) is 12.1 Å². The zero-order valence-electron chi connectivity index (χ0n) is 15.1. The molecule has 0 fully saturated rings. The Bertz CT molecular complexity index is 951. The Morgan fingerprint density at radius 3 is 2.41 bits per heavy atom. The van der Waals surface area contributed by atoms with E-state index in [1.54, 1.807) is 19.0 Å². The highest BCUT2D eigenvalue weighted by Crippen LogP contribution is 2.36. The Hall–Kier alpha value is -3.94. The van der Waals surface area contributed by atoms with Gasteiger partial charge >= 0.3 is 0 Å². The number of nitrogens with zero attached hydrogens (tertiary/aromatic N) is 6. The fourth-order valence-electron chi connectivity index (χ4n) is 2.16. The Morgan fingerprint density at radius 1 is 1.26 bits per heavy atom. The van der Waals surface area contributed by atoms with Crippen molar-refractivity contribution < 1.29 is 14.4 Å². The van der Waals surface area contributed by atoms with Gasteiger partial charge in [0.1, 0.15) is 6.07 Å². The van der Waals surface area contributed by atoms with Crippen molar-refractivity contribution in [3.8, 4) is 17.6 Å². The van der Waals surface area contributed by atoms with Crippen LogP contribution in [-0.2, 0) is 0 Å². The third-order valence-electron chi connectivity index (χ3n) is 3.43. The Kier molecular flexibility index (Phi) is 5.71. The van der Waals surface area contributed by atoms with Crippen LogP contribution < -0.4 is 20.1 Å². The Morgan fingerprint density at radius 2 is 1.89 bits per heavy atom. The van der Waals surface area contributed by atoms with E-state index in [0.717, 1.165) is 0 Å². The summed E-state index contributed by atoms with van der Waals surface area (Å²) < 4.78 is 10.3. The molecule has 0 spiro atoms. The van der Waals surface area contributed by atoms with Crippen LogP contribution in [0.25, 0.3) is 11.6 Å². The van der Waals surface area contributed by atoms with Gasteiger partial charge < -0.3 is 20.1 Å². The number of anilines is 2. The van der Waals surface area contributed by atoms with Crippen LogP contribution in [0.5, 0.6) is 11.5 Å². The molecule has 1 aromatic heterocycles. The fraction of sp³-hybridized carbons (Fsp3) is 0.250. The summed E-state index contributed by atoms with van der Waals surface area (Å²) in [6, 6.07) is 4.54. The molecule has 2 N–H and O–H groups in total. The largest absolute Gasteiger partial charge is 0.493 e. The third-order valence-corrected chi connectivity index (χ3v) is 3.43. The van der Waals surface area contributed by atoms with Crippen molar-refractivity contribution in [2.24, 2.45) is 0 Å². The first kappa shape index (κ1) is 19.4. The van der Waals surface area contributed by atoms with E-state index in [-0.39, 0.29) is 46.0 Å². The number of methoxy groups -OCH3 is 2. The molecule has 0 bridgehead atoms. The second-order valence-corrected chi connectivity index (χ2v) is 5.40. The maximum atomic E-state index is 11.4. The summed E-state index contributed by atoms with van der Waals surface area (Å²) >= 11 is 0. The second kappa shape index (κ2) is 7.96. The van der Waals surface area contributed by atoms with Gasteiger partial charge in [-0.2, -0.15) is 20.2 Å². The molecule has 11 heteroatoms. The number of nitrogens with two attached hydrogens (primary N) is 1. The molecule has 0 unspecified atom stereocenters. The first-order chi connectivity index (χ1) is 12.8. The summed E-state index contributed by atoms with van der Waals surface area (Å²) in [4.78, 5) is 24.5. The quantitative estimate of drug-likeness (QED) is 0.449. The van der Waals surface area contributed by atoms with Crippen molar-refractivity contribution in [1.82, 2.24) is 15.0 Å². The lowest BCUT2D eigenvalue weighted by molar-refractivity contribution is -0.385. The topological polar surface area (TPSA) is 153 Å². The molecule has 2 aromatic rings. The molecule has 11 nitrogen and oxygen atoms in total. The van der Waals surface area contributed by atoms with Gasteiger partial charge in [-0.15, -0.1) is 0 Å². The van der Waals surface area contributed by atoms with E-state index in [4.69, 9.17) is 15.2 Å². The Labute approximate surface area is 154 Å². The SMILES string of the molecule is COc1cc(/C=C(\C#N)c2nc(N)nc(N(C)C)n2)c([N+](=O)[O-])cc1OC. The molecule has 0 amide bonds. The second-order valence-electron chi connectivity index (χ2n) is 5.40. The highest BCUT2D eigenvalue weighted by molar-refractivity contribution is 5.89. The van der Waals surface area contributed by atoms with Gasteiger partial charge in [0.25, 0.3) is 5.69 Å². The molecule has 1 heterocycles. The van der Waals surface area contributed by atoms with E-state index in [0.29, 0.717) is 0 Å². The van der Waals surface area contributed by atoms with Crippen LogP contribution in [0, 0.1) is 21.4 Å². The summed E-state index contributed by atoms with van der Waals surface area (Å²) in [5, 5.41) is 20.9. The number of nitro benzene ring substituents is 1. The molecule has 2 rings (SSSR count). The monoisotopic (exact) mass is 371 g/mol. The number of hydrogen-bond donors (Lipinski definition) is 1. The number of ether oxygens (including phenoxy) is 2. The predicted molar refractivity (Wildman–Crippen MR) is 98.3 cm³/mol. The van der Waals surface area contributed by atoms with Crippen LogP contribution in [0.1, 0.15) is 11.4 Å². The summed E-state index contributed by atoms with van der Waals surface area (Å²) in [7, 11) is 6.17. The van der Waals surface area contributed by atoms with Crippen LogP contribution in [0.4, 0.5) is 17.6 Å². The molecule has 1 aromatic carbocycles. The van der Waals surface area contributed by atoms with E-state index in [9.17, 15) is 15.4 Å². The van der Waals surface area contributed by atoms with Gasteiger partial charge in [-0.1, -0.05) is 0 Å². The number of benzene rings is 1. The molecule has 0 aliphatic rings. The zero-order chi connectivity index (χ0) is 20.1. The first-order valence-corrected chi connectivity index (χ1v) is 7.52. The van der Waals surface area contributed by atoms with Gasteiger partial charge in [0.15, 0.2) is 17.3 Å². The van der Waals surface area contributed by atoms with E-state index < -0.39 is 4.92 Å². The molecule has 0 aliphatic carbocycles. The smallest absolute Gasteiger partial charge is 0.280 e. The van der Waals surface area contributed by atoms with Crippen LogP contribution >= 0.6 is 0 Å². The predicted octanol–water partition coefficient (Wildman–Crippen LogP) is 1.51. The number of nitrogen functional groups attached to an aromatic ring is 1. The van der Waals surface area contributed by atoms with Gasteiger partial charge in [-0.25, -0.2) is 0 Å². The lowest BCUT2D eigenvalue weighted by Crippen LogP contribution is -2.15. The van der Waals surface area contributed by atoms with Crippen molar-refractivity contribution in [3.05, 3.63) is 33.6 Å². The van der Waals surface area contributed by atoms with Crippen molar-refractivity contribution in [2.45, 2.75) is 0 Å². The van der Waals surface area contributed by atoms with Crippen molar-refractivity contribution in [3.63, 3.8) is 0 Å². The van der Waals surface area contributed by atoms with Crippen molar-refractivity contribution >= 4 is 29.2 Å². The number of rotatable bonds is 6. The minimum Gasteiger partial charge on any atom is -0.493 e. The number of allylic oxidation sites excluding steroid dienone is 1. The average Bonchev–Trinajstić information content (AvgIpc) is 2.64. The van der Waals surface area contributed by atoms with Gasteiger partial charge in [0.05, 0.1) is 36.3 Å². The average molecular weight is 371 g/mol. The number of hydrogen-bond acceptors (Lipinski definition) is 10. The highest BCUT2D eigenvalue weighted by Gasteiger charge is 2.20. The van der Waals surface area contributed by atoms with Crippen LogP contribution in [0.2, 0.25) is 0 Å². The lowest BCUT2D eigenvalue weighted by Gasteiger charge is -2.11. The van der Waals surface area contributed by atoms with E-state index in [2.05, 4.69) is 15.0 Å². The summed E-state index contributed by atoms with van der Waals surface area (Å²) in [5.74, 6) is 0.639. The molecule has 27 heavy (non-hydrogen) atoms. The lowest BCUT2D eigenvalue weighted by atomic mass is 10.1. The molecule has 0 saturated carbocycles. The molecule has 0 radical (unpaired) electrons. The molecule has 0 saturated heterocycles. The summed E-state index contributed by atoms with van der Waals surface area (Å²) in [6.07, 6.45) is 1.29. The maximum absolute atomic E-state index is 11.4. The standard InChI is InChI=1S/C16H17N7O4/c1-22(2)16-20-14(19-15(18)21-16)10(8-17)5-9-6-12(26-3)13(27-4)7-11(9)23(24)25/h5-7H,1-4H3,(H2,18,19,20,21)/b10-5+. The van der Waals surface area contributed by atoms with Crippen molar-refractivity contribution in [1.29, 1.82) is 5.26 Å². The fourth-order valence-corrected chi connectivity index (χ4v) is 2.16. The zero-order valence-corrected chi connectivity index (χ0v) is 15.1. The number of aromatic nitrogens is 3. The van der Waals surface area contributed by atoms with E-state index >= 15 is 0 Å². The van der Waals surface area contributed by atoms with Crippen LogP contribution in [-0.4, -0.2) is 48.2 Å². The van der Waals surface area contributed by atoms with E-state index in [1.807, 2.05) is 6.07 Å². The number of nitro groups is 1. The number of nitriles is 1. The minimum atomic E-state index is -0.587. The summed E-state index contributed by atoms with van der Waals surface area (Å²) in [6.45, 7) is 0. The maximum Gasteiger partial charge on any atom is 0.280 e. The van der Waals surface area contributed by atoms with Gasteiger partial charge in [-0.3, -0.25) is 10.1 Å². The molecule has 0 atom stereocenters. The summed E-state index contributed by atoms with van der Waals surface area (Å²) in [5.41, 5.74) is 5.51. The van der Waals surface area contributed by atoms with Gasteiger partial charge in [-0.05, 0) is 12.1 Å². The Balaban J connectivity index is 2.68. The molecule has 0 aliphatic heterocycles.